The van der Waals surface area contributed by atoms with Crippen molar-refractivity contribution in [2.45, 2.75) is 0 Å². The highest BCUT2D eigenvalue weighted by Gasteiger charge is 2.08. The van der Waals surface area contributed by atoms with E-state index in [1.807, 2.05) is 0 Å². The highest BCUT2D eigenvalue weighted by atomic mass is 35.5. The Labute approximate surface area is 113 Å². The first-order chi connectivity index (χ1) is 8.58. The van der Waals surface area contributed by atoms with E-state index in [-0.39, 0.29) is 10.0 Å². The number of pyridine rings is 1. The van der Waals surface area contributed by atoms with Crippen LogP contribution in [0, 0.1) is 5.82 Å². The van der Waals surface area contributed by atoms with Gasteiger partial charge in [0.1, 0.15) is 16.6 Å². The van der Waals surface area contributed by atoms with E-state index in [2.05, 4.69) is 4.98 Å². The number of halogens is 2. The SMILES string of the molecule is NC(=S)c1ccncc1Oc1ccc(F)c(Cl)c1. The van der Waals surface area contributed by atoms with E-state index in [9.17, 15) is 4.39 Å². The Bertz CT molecular complexity index is 606. The van der Waals surface area contributed by atoms with E-state index >= 15 is 0 Å². The van der Waals surface area contributed by atoms with Crippen LogP contribution in [0.1, 0.15) is 5.56 Å². The maximum Gasteiger partial charge on any atom is 0.155 e. The zero-order valence-electron chi connectivity index (χ0n) is 9.06. The van der Waals surface area contributed by atoms with Crippen LogP contribution in [-0.4, -0.2) is 9.97 Å². The highest BCUT2D eigenvalue weighted by Crippen LogP contribution is 2.27. The summed E-state index contributed by atoms with van der Waals surface area (Å²) in [7, 11) is 0. The smallest absolute Gasteiger partial charge is 0.155 e. The number of hydrogen-bond donors (Lipinski definition) is 1. The van der Waals surface area contributed by atoms with Crippen molar-refractivity contribution in [3.8, 4) is 11.5 Å². The van der Waals surface area contributed by atoms with Crippen molar-refractivity contribution in [1.29, 1.82) is 0 Å². The number of ether oxygens (including phenoxy) is 1. The van der Waals surface area contributed by atoms with E-state index in [1.165, 1.54) is 24.4 Å². The van der Waals surface area contributed by atoms with Gasteiger partial charge in [0.15, 0.2) is 5.75 Å². The normalized spacial score (nSPS) is 10.1. The van der Waals surface area contributed by atoms with Gasteiger partial charge in [-0.15, -0.1) is 0 Å². The van der Waals surface area contributed by atoms with Crippen LogP contribution in [0.5, 0.6) is 11.5 Å². The molecule has 0 aliphatic rings. The van der Waals surface area contributed by atoms with Crippen molar-refractivity contribution in [3.05, 3.63) is 53.1 Å². The summed E-state index contributed by atoms with van der Waals surface area (Å²) in [5.41, 5.74) is 6.12. The number of rotatable bonds is 3. The van der Waals surface area contributed by atoms with Crippen LogP contribution < -0.4 is 10.5 Å². The number of thiocarbonyl (C=S) groups is 1. The fourth-order valence-electron chi connectivity index (χ4n) is 1.33. The molecule has 0 saturated heterocycles. The van der Waals surface area contributed by atoms with E-state index in [0.29, 0.717) is 17.1 Å². The van der Waals surface area contributed by atoms with Gasteiger partial charge in [0.25, 0.3) is 0 Å². The molecule has 0 saturated carbocycles. The first-order valence-corrected chi connectivity index (χ1v) is 5.73. The second kappa shape index (κ2) is 5.29. The second-order valence-corrected chi connectivity index (χ2v) is 4.26. The van der Waals surface area contributed by atoms with Crippen LogP contribution in [0.4, 0.5) is 4.39 Å². The molecular formula is C12H8ClFN2OS. The van der Waals surface area contributed by atoms with Gasteiger partial charge in [-0.25, -0.2) is 4.39 Å². The summed E-state index contributed by atoms with van der Waals surface area (Å²) in [5, 5.41) is -0.0201. The van der Waals surface area contributed by atoms with Crippen LogP contribution >= 0.6 is 23.8 Å². The number of aromatic nitrogens is 1. The molecule has 0 atom stereocenters. The minimum Gasteiger partial charge on any atom is -0.455 e. The van der Waals surface area contributed by atoms with Gasteiger partial charge in [0.05, 0.1) is 16.8 Å². The molecule has 1 heterocycles. The lowest BCUT2D eigenvalue weighted by atomic mass is 10.2. The molecule has 2 aromatic rings. The van der Waals surface area contributed by atoms with Gasteiger partial charge in [-0.05, 0) is 18.2 Å². The largest absolute Gasteiger partial charge is 0.455 e. The average molecular weight is 283 g/mol. The molecule has 18 heavy (non-hydrogen) atoms. The monoisotopic (exact) mass is 282 g/mol. The van der Waals surface area contributed by atoms with Gasteiger partial charge >= 0.3 is 0 Å². The molecular weight excluding hydrogens is 275 g/mol. The molecule has 0 aliphatic heterocycles. The van der Waals surface area contributed by atoms with E-state index in [1.54, 1.807) is 12.3 Å². The van der Waals surface area contributed by atoms with Gasteiger partial charge in [-0.3, -0.25) is 4.98 Å². The predicted molar refractivity (Wildman–Crippen MR) is 71.6 cm³/mol. The average Bonchev–Trinajstić information content (AvgIpc) is 2.34. The lowest BCUT2D eigenvalue weighted by molar-refractivity contribution is 0.477. The Morgan fingerprint density at radius 2 is 2.17 bits per heavy atom. The number of nitrogens with two attached hydrogens (primary N) is 1. The maximum atomic E-state index is 13.0. The molecule has 3 nitrogen and oxygen atoms in total. The minimum absolute atomic E-state index is 0.0201. The van der Waals surface area contributed by atoms with Crippen LogP contribution in [0.25, 0.3) is 0 Å². The first-order valence-electron chi connectivity index (χ1n) is 4.94. The van der Waals surface area contributed by atoms with Crippen LogP contribution in [0.3, 0.4) is 0 Å². The quantitative estimate of drug-likeness (QED) is 0.878. The number of hydrogen-bond acceptors (Lipinski definition) is 3. The fraction of sp³-hybridized carbons (Fsp3) is 0. The summed E-state index contributed by atoms with van der Waals surface area (Å²) in [5.74, 6) is 0.268. The van der Waals surface area contributed by atoms with E-state index < -0.39 is 5.82 Å². The first kappa shape index (κ1) is 12.7. The third kappa shape index (κ3) is 2.75. The van der Waals surface area contributed by atoms with Gasteiger partial charge in [0, 0.05) is 12.3 Å². The Morgan fingerprint density at radius 1 is 1.39 bits per heavy atom. The third-order valence-corrected chi connectivity index (χ3v) is 2.68. The zero-order chi connectivity index (χ0) is 13.1. The molecule has 2 rings (SSSR count). The summed E-state index contributed by atoms with van der Waals surface area (Å²) < 4.78 is 18.5. The Morgan fingerprint density at radius 3 is 2.83 bits per heavy atom. The molecule has 6 heteroatoms. The highest BCUT2D eigenvalue weighted by molar-refractivity contribution is 7.80. The van der Waals surface area contributed by atoms with Gasteiger partial charge in [-0.1, -0.05) is 23.8 Å². The Balaban J connectivity index is 2.34. The van der Waals surface area contributed by atoms with Crippen molar-refractivity contribution in [2.24, 2.45) is 5.73 Å². The summed E-state index contributed by atoms with van der Waals surface area (Å²) in [6.07, 6.45) is 3.03. The lowest BCUT2D eigenvalue weighted by Gasteiger charge is -2.09. The van der Waals surface area contributed by atoms with E-state index in [4.69, 9.17) is 34.3 Å². The molecule has 0 amide bonds. The zero-order valence-corrected chi connectivity index (χ0v) is 10.6. The molecule has 92 valence electrons. The van der Waals surface area contributed by atoms with Gasteiger partial charge < -0.3 is 10.5 Å². The third-order valence-electron chi connectivity index (χ3n) is 2.17. The minimum atomic E-state index is -0.509. The molecule has 1 aromatic carbocycles. The second-order valence-electron chi connectivity index (χ2n) is 3.41. The summed E-state index contributed by atoms with van der Waals surface area (Å²) in [6, 6.07) is 5.68. The van der Waals surface area contributed by atoms with Crippen molar-refractivity contribution < 1.29 is 9.13 Å². The Kier molecular flexibility index (Phi) is 3.74. The van der Waals surface area contributed by atoms with Crippen LogP contribution in [0.2, 0.25) is 5.02 Å². The van der Waals surface area contributed by atoms with Crippen molar-refractivity contribution in [3.63, 3.8) is 0 Å². The molecule has 0 aliphatic carbocycles. The molecule has 0 fully saturated rings. The topological polar surface area (TPSA) is 48.1 Å². The molecule has 0 bridgehead atoms. The van der Waals surface area contributed by atoms with Crippen LogP contribution in [-0.2, 0) is 0 Å². The predicted octanol–water partition coefficient (Wildman–Crippen LogP) is 3.30. The Hall–Kier alpha value is -1.72. The standard InChI is InChI=1S/C12H8ClFN2OS/c13-9-5-7(1-2-10(9)14)17-11-6-16-4-3-8(11)12(15)18/h1-6H,(H2,15,18). The number of nitrogens with zero attached hydrogens (tertiary/aromatic N) is 1. The molecule has 0 unspecified atom stereocenters. The van der Waals surface area contributed by atoms with Gasteiger partial charge in [-0.2, -0.15) is 0 Å². The van der Waals surface area contributed by atoms with Crippen LogP contribution in [0.15, 0.2) is 36.7 Å². The molecule has 1 aromatic heterocycles. The molecule has 2 N–H and O–H groups in total. The summed E-state index contributed by atoms with van der Waals surface area (Å²) in [4.78, 5) is 4.11. The van der Waals surface area contributed by atoms with E-state index in [0.717, 1.165) is 0 Å². The van der Waals surface area contributed by atoms with Crippen molar-refractivity contribution in [1.82, 2.24) is 4.98 Å². The summed E-state index contributed by atoms with van der Waals surface area (Å²) in [6.45, 7) is 0. The number of benzene rings is 1. The molecule has 0 radical (unpaired) electrons. The molecule has 0 spiro atoms. The summed E-state index contributed by atoms with van der Waals surface area (Å²) >= 11 is 10.6. The van der Waals surface area contributed by atoms with Gasteiger partial charge in [0.2, 0.25) is 0 Å². The fourth-order valence-corrected chi connectivity index (χ4v) is 1.67. The maximum absolute atomic E-state index is 13.0. The lowest BCUT2D eigenvalue weighted by Crippen LogP contribution is -2.10. The van der Waals surface area contributed by atoms with Crippen molar-refractivity contribution >= 4 is 28.8 Å². The van der Waals surface area contributed by atoms with Crippen molar-refractivity contribution in [2.75, 3.05) is 0 Å².